The molecule has 2 aliphatic heterocycles. The van der Waals surface area contributed by atoms with E-state index in [-0.39, 0.29) is 0 Å². The van der Waals surface area contributed by atoms with Crippen LogP contribution in [0.4, 0.5) is 0 Å². The minimum Gasteiger partial charge on any atom is -0.316 e. The summed E-state index contributed by atoms with van der Waals surface area (Å²) in [6.07, 6.45) is 8.51. The highest BCUT2D eigenvalue weighted by Gasteiger charge is 2.22. The third kappa shape index (κ3) is 3.96. The molecular formula is C15H30N2. The van der Waals surface area contributed by atoms with Crippen molar-refractivity contribution in [2.45, 2.75) is 58.4 Å². The Kier molecular flexibility index (Phi) is 5.30. The molecule has 0 spiro atoms. The van der Waals surface area contributed by atoms with Crippen LogP contribution in [-0.2, 0) is 0 Å². The predicted octanol–water partition coefficient (Wildman–Crippen LogP) is 2.89. The number of nitrogens with zero attached hydrogens (tertiary/aromatic N) is 1. The van der Waals surface area contributed by atoms with Crippen LogP contribution in [-0.4, -0.2) is 37.1 Å². The molecule has 2 saturated heterocycles. The summed E-state index contributed by atoms with van der Waals surface area (Å²) in [7, 11) is 0. The number of hydrogen-bond donors (Lipinski definition) is 1. The Morgan fingerprint density at radius 1 is 1.24 bits per heavy atom. The van der Waals surface area contributed by atoms with Crippen molar-refractivity contribution in [3.8, 4) is 0 Å². The molecule has 0 aliphatic carbocycles. The van der Waals surface area contributed by atoms with E-state index in [0.717, 1.165) is 17.9 Å². The van der Waals surface area contributed by atoms with Gasteiger partial charge in [0, 0.05) is 6.04 Å². The van der Waals surface area contributed by atoms with Gasteiger partial charge in [-0.2, -0.15) is 0 Å². The molecule has 2 rings (SSSR count). The van der Waals surface area contributed by atoms with Crippen LogP contribution in [0.1, 0.15) is 52.4 Å². The Hall–Kier alpha value is -0.0800. The molecule has 0 saturated carbocycles. The molecule has 0 aromatic rings. The Bertz CT molecular complexity index is 211. The number of likely N-dealkylation sites (tertiary alicyclic amines) is 1. The monoisotopic (exact) mass is 238 g/mol. The molecule has 2 heterocycles. The van der Waals surface area contributed by atoms with Gasteiger partial charge in [0.15, 0.2) is 0 Å². The Morgan fingerprint density at radius 3 is 2.82 bits per heavy atom. The molecule has 2 nitrogen and oxygen atoms in total. The number of piperidine rings is 2. The number of nitrogens with one attached hydrogen (secondary N) is 1. The zero-order valence-electron chi connectivity index (χ0n) is 11.8. The lowest BCUT2D eigenvalue weighted by atomic mass is 9.85. The zero-order chi connectivity index (χ0) is 12.1. The zero-order valence-corrected chi connectivity index (χ0v) is 11.8. The number of hydrogen-bond acceptors (Lipinski definition) is 2. The van der Waals surface area contributed by atoms with Gasteiger partial charge in [-0.15, -0.1) is 0 Å². The summed E-state index contributed by atoms with van der Waals surface area (Å²) in [4.78, 5) is 2.72. The molecule has 3 atom stereocenters. The van der Waals surface area contributed by atoms with Gasteiger partial charge in [-0.3, -0.25) is 0 Å². The number of rotatable bonds is 4. The molecule has 1 N–H and O–H groups in total. The highest BCUT2D eigenvalue weighted by molar-refractivity contribution is 4.77. The van der Waals surface area contributed by atoms with Crippen LogP contribution in [0.5, 0.6) is 0 Å². The largest absolute Gasteiger partial charge is 0.316 e. The predicted molar refractivity (Wildman–Crippen MR) is 74.3 cm³/mol. The summed E-state index contributed by atoms with van der Waals surface area (Å²) >= 11 is 0. The summed E-state index contributed by atoms with van der Waals surface area (Å²) in [5.74, 6) is 1.83. The Labute approximate surface area is 107 Å². The van der Waals surface area contributed by atoms with E-state index < -0.39 is 0 Å². The summed E-state index contributed by atoms with van der Waals surface area (Å²) < 4.78 is 0. The lowest BCUT2D eigenvalue weighted by molar-refractivity contribution is 0.140. The van der Waals surface area contributed by atoms with Crippen molar-refractivity contribution in [3.05, 3.63) is 0 Å². The lowest BCUT2D eigenvalue weighted by Crippen LogP contribution is -2.40. The average Bonchev–Trinajstić information content (AvgIpc) is 2.38. The minimum atomic E-state index is 0.834. The molecule has 17 heavy (non-hydrogen) atoms. The van der Waals surface area contributed by atoms with Crippen molar-refractivity contribution < 1.29 is 0 Å². The van der Waals surface area contributed by atoms with E-state index in [9.17, 15) is 0 Å². The minimum absolute atomic E-state index is 0.834. The van der Waals surface area contributed by atoms with Crippen LogP contribution in [0.3, 0.4) is 0 Å². The summed E-state index contributed by atoms with van der Waals surface area (Å²) in [5.41, 5.74) is 0. The standard InChI is InChI=1S/C15H30N2/c1-13(15-7-5-9-16-12-15)8-11-17-10-4-3-6-14(17)2/h13-16H,3-12H2,1-2H3. The van der Waals surface area contributed by atoms with Gasteiger partial charge >= 0.3 is 0 Å². The molecule has 0 aromatic carbocycles. The van der Waals surface area contributed by atoms with Gasteiger partial charge in [0.1, 0.15) is 0 Å². The van der Waals surface area contributed by atoms with Gasteiger partial charge in [0.2, 0.25) is 0 Å². The van der Waals surface area contributed by atoms with Crippen molar-refractivity contribution in [1.29, 1.82) is 0 Å². The molecule has 2 fully saturated rings. The van der Waals surface area contributed by atoms with Gasteiger partial charge in [0.25, 0.3) is 0 Å². The third-order valence-electron chi connectivity index (χ3n) is 4.95. The molecule has 2 heteroatoms. The van der Waals surface area contributed by atoms with Gasteiger partial charge in [0.05, 0.1) is 0 Å². The molecule has 3 unspecified atom stereocenters. The first-order valence-electron chi connectivity index (χ1n) is 7.72. The Balaban J connectivity index is 1.69. The van der Waals surface area contributed by atoms with Crippen LogP contribution < -0.4 is 5.32 Å². The SMILES string of the molecule is CC(CCN1CCCCC1C)C1CCCNC1. The fourth-order valence-corrected chi connectivity index (χ4v) is 3.46. The fraction of sp³-hybridized carbons (Fsp3) is 1.00. The maximum absolute atomic E-state index is 3.55. The highest BCUT2D eigenvalue weighted by atomic mass is 15.2. The van der Waals surface area contributed by atoms with Crippen molar-refractivity contribution in [2.24, 2.45) is 11.8 Å². The first kappa shape index (κ1) is 13.4. The van der Waals surface area contributed by atoms with Crippen LogP contribution >= 0.6 is 0 Å². The van der Waals surface area contributed by atoms with Gasteiger partial charge in [-0.25, -0.2) is 0 Å². The van der Waals surface area contributed by atoms with Crippen LogP contribution in [0.25, 0.3) is 0 Å². The van der Waals surface area contributed by atoms with Crippen LogP contribution in [0.2, 0.25) is 0 Å². The quantitative estimate of drug-likeness (QED) is 0.810. The molecule has 0 amide bonds. The van der Waals surface area contributed by atoms with Crippen molar-refractivity contribution in [1.82, 2.24) is 10.2 Å². The maximum atomic E-state index is 3.55. The van der Waals surface area contributed by atoms with Gasteiger partial charge < -0.3 is 10.2 Å². The smallest absolute Gasteiger partial charge is 0.00669 e. The van der Waals surface area contributed by atoms with Crippen LogP contribution in [0, 0.1) is 11.8 Å². The normalized spacial score (nSPS) is 33.5. The van der Waals surface area contributed by atoms with Crippen LogP contribution in [0.15, 0.2) is 0 Å². The Morgan fingerprint density at radius 2 is 2.12 bits per heavy atom. The molecular weight excluding hydrogens is 208 g/mol. The average molecular weight is 238 g/mol. The van der Waals surface area contributed by atoms with E-state index >= 15 is 0 Å². The molecule has 100 valence electrons. The van der Waals surface area contributed by atoms with E-state index in [4.69, 9.17) is 0 Å². The second-order valence-corrected chi connectivity index (χ2v) is 6.25. The molecule has 0 radical (unpaired) electrons. The van der Waals surface area contributed by atoms with Gasteiger partial charge in [-0.05, 0) is 77.0 Å². The molecule has 0 aromatic heterocycles. The third-order valence-corrected chi connectivity index (χ3v) is 4.95. The summed E-state index contributed by atoms with van der Waals surface area (Å²) in [5, 5.41) is 3.55. The first-order valence-corrected chi connectivity index (χ1v) is 7.72. The topological polar surface area (TPSA) is 15.3 Å². The van der Waals surface area contributed by atoms with E-state index in [0.29, 0.717) is 0 Å². The highest BCUT2D eigenvalue weighted by Crippen LogP contribution is 2.24. The van der Waals surface area contributed by atoms with E-state index in [1.807, 2.05) is 0 Å². The molecule has 0 bridgehead atoms. The second-order valence-electron chi connectivity index (χ2n) is 6.25. The van der Waals surface area contributed by atoms with Crippen molar-refractivity contribution in [2.75, 3.05) is 26.2 Å². The summed E-state index contributed by atoms with van der Waals surface area (Å²) in [6.45, 7) is 10.1. The second kappa shape index (κ2) is 6.75. The molecule has 2 aliphatic rings. The van der Waals surface area contributed by atoms with E-state index in [1.54, 1.807) is 0 Å². The van der Waals surface area contributed by atoms with Crippen molar-refractivity contribution >= 4 is 0 Å². The maximum Gasteiger partial charge on any atom is 0.00669 e. The van der Waals surface area contributed by atoms with Gasteiger partial charge in [-0.1, -0.05) is 13.3 Å². The fourth-order valence-electron chi connectivity index (χ4n) is 3.46. The van der Waals surface area contributed by atoms with E-state index in [1.165, 1.54) is 64.7 Å². The first-order chi connectivity index (χ1) is 8.27. The lowest BCUT2D eigenvalue weighted by Gasteiger charge is -2.35. The van der Waals surface area contributed by atoms with E-state index in [2.05, 4.69) is 24.1 Å². The van der Waals surface area contributed by atoms with Crippen molar-refractivity contribution in [3.63, 3.8) is 0 Å². The summed E-state index contributed by atoms with van der Waals surface area (Å²) in [6, 6.07) is 0.834.